The number of H-pyrrole nitrogens is 1. The van der Waals surface area contributed by atoms with Crippen molar-refractivity contribution in [2.45, 2.75) is 19.0 Å². The molecule has 2 amide bonds. The lowest BCUT2D eigenvalue weighted by molar-refractivity contribution is -0.130. The highest BCUT2D eigenvalue weighted by Crippen LogP contribution is 2.22. The van der Waals surface area contributed by atoms with Crippen LogP contribution in [-0.2, 0) is 9.59 Å². The van der Waals surface area contributed by atoms with Gasteiger partial charge in [0.2, 0.25) is 11.8 Å². The molecule has 9 heteroatoms. The fraction of sp³-hybridized carbons (Fsp3) is 0.320. The van der Waals surface area contributed by atoms with Crippen molar-refractivity contribution in [3.05, 3.63) is 65.6 Å². The number of thioether (sulfide) groups is 1. The lowest BCUT2D eigenvalue weighted by atomic mass is 10.1. The number of imidazole rings is 1. The molecule has 1 aliphatic rings. The molecule has 1 saturated heterocycles. The average Bonchev–Trinajstić information content (AvgIpc) is 3.30. The van der Waals surface area contributed by atoms with Gasteiger partial charge in [0.25, 0.3) is 0 Å². The van der Waals surface area contributed by atoms with Crippen molar-refractivity contribution in [2.75, 3.05) is 43.8 Å². The maximum absolute atomic E-state index is 13.1. The van der Waals surface area contributed by atoms with Crippen molar-refractivity contribution in [1.82, 2.24) is 19.8 Å². The molecule has 7 nitrogen and oxygen atoms in total. The van der Waals surface area contributed by atoms with Crippen molar-refractivity contribution < 1.29 is 14.0 Å². The fourth-order valence-electron chi connectivity index (χ4n) is 3.92. The van der Waals surface area contributed by atoms with Crippen LogP contribution in [0.1, 0.15) is 11.1 Å². The molecule has 0 radical (unpaired) electrons. The molecule has 178 valence electrons. The van der Waals surface area contributed by atoms with Crippen LogP contribution >= 0.6 is 11.8 Å². The Morgan fingerprint density at radius 2 is 1.74 bits per heavy atom. The number of carbonyl (C=O) groups is 2. The van der Waals surface area contributed by atoms with Crippen LogP contribution in [0.25, 0.3) is 11.3 Å². The number of aromatic nitrogens is 2. The third kappa shape index (κ3) is 6.03. The maximum atomic E-state index is 13.1. The summed E-state index contributed by atoms with van der Waals surface area (Å²) in [7, 11) is 0. The Kier molecular flexibility index (Phi) is 7.64. The number of nitrogens with one attached hydrogen (secondary N) is 2. The molecule has 2 N–H and O–H groups in total. The molecule has 0 spiro atoms. The van der Waals surface area contributed by atoms with Crippen molar-refractivity contribution in [2.24, 2.45) is 0 Å². The Morgan fingerprint density at radius 1 is 1.06 bits per heavy atom. The molecule has 1 fully saturated rings. The lowest BCUT2D eigenvalue weighted by Crippen LogP contribution is -2.50. The van der Waals surface area contributed by atoms with E-state index in [1.54, 1.807) is 18.3 Å². The van der Waals surface area contributed by atoms with Crippen LogP contribution in [-0.4, -0.2) is 70.1 Å². The van der Waals surface area contributed by atoms with Crippen LogP contribution in [0.5, 0.6) is 0 Å². The van der Waals surface area contributed by atoms with E-state index in [0.717, 1.165) is 28.1 Å². The van der Waals surface area contributed by atoms with Gasteiger partial charge >= 0.3 is 0 Å². The number of anilines is 1. The number of aryl methyl sites for hydroxylation is 2. The Bertz CT molecular complexity index is 1140. The molecule has 0 atom stereocenters. The van der Waals surface area contributed by atoms with Gasteiger partial charge in [0.15, 0.2) is 5.16 Å². The molecule has 2 aromatic carbocycles. The van der Waals surface area contributed by atoms with Gasteiger partial charge < -0.3 is 15.2 Å². The minimum Gasteiger partial charge on any atom is -0.339 e. The number of aromatic amines is 1. The van der Waals surface area contributed by atoms with Gasteiger partial charge in [0.05, 0.1) is 24.2 Å². The number of benzene rings is 2. The molecule has 4 rings (SSSR count). The largest absolute Gasteiger partial charge is 0.339 e. The summed E-state index contributed by atoms with van der Waals surface area (Å²) in [6.07, 6.45) is 1.68. The van der Waals surface area contributed by atoms with Gasteiger partial charge in [0.1, 0.15) is 5.82 Å². The number of piperazine rings is 1. The lowest BCUT2D eigenvalue weighted by Gasteiger charge is -2.34. The molecule has 1 aliphatic heterocycles. The van der Waals surface area contributed by atoms with Crippen LogP contribution in [0, 0.1) is 19.7 Å². The summed E-state index contributed by atoms with van der Waals surface area (Å²) >= 11 is 1.35. The smallest absolute Gasteiger partial charge is 0.238 e. The zero-order valence-corrected chi connectivity index (χ0v) is 20.1. The van der Waals surface area contributed by atoms with E-state index < -0.39 is 0 Å². The Morgan fingerprint density at radius 3 is 2.41 bits per heavy atom. The number of hydrogen-bond acceptors (Lipinski definition) is 5. The molecular formula is C25H28FN5O2S. The SMILES string of the molecule is Cc1cccc(C)c1NC(=O)CN1CCN(C(=O)CSc2ncc(-c3ccc(F)cc3)[nH]2)CC1. The summed E-state index contributed by atoms with van der Waals surface area (Å²) in [5, 5.41) is 3.67. The number of nitrogens with zero attached hydrogens (tertiary/aromatic N) is 3. The van der Waals surface area contributed by atoms with E-state index in [1.807, 2.05) is 36.9 Å². The molecule has 1 aromatic heterocycles. The quantitative estimate of drug-likeness (QED) is 0.503. The number of hydrogen-bond donors (Lipinski definition) is 2. The van der Waals surface area contributed by atoms with Gasteiger partial charge in [-0.25, -0.2) is 9.37 Å². The third-order valence-corrected chi connectivity index (χ3v) is 6.75. The second kappa shape index (κ2) is 10.8. The van der Waals surface area contributed by atoms with E-state index in [9.17, 15) is 14.0 Å². The van der Waals surface area contributed by atoms with E-state index in [4.69, 9.17) is 0 Å². The van der Waals surface area contributed by atoms with Gasteiger partial charge in [-0.05, 0) is 54.8 Å². The zero-order chi connectivity index (χ0) is 24.1. The Hall–Kier alpha value is -3.17. The molecule has 0 bridgehead atoms. The average molecular weight is 482 g/mol. The monoisotopic (exact) mass is 481 g/mol. The summed E-state index contributed by atoms with van der Waals surface area (Å²) in [4.78, 5) is 36.6. The van der Waals surface area contributed by atoms with Gasteiger partial charge in [-0.2, -0.15) is 0 Å². The van der Waals surface area contributed by atoms with Crippen LogP contribution in [0.3, 0.4) is 0 Å². The minimum atomic E-state index is -0.287. The van der Waals surface area contributed by atoms with E-state index in [0.29, 0.717) is 37.9 Å². The predicted octanol–water partition coefficient (Wildman–Crippen LogP) is 3.71. The highest BCUT2D eigenvalue weighted by atomic mass is 32.2. The van der Waals surface area contributed by atoms with Crippen LogP contribution < -0.4 is 5.32 Å². The van der Waals surface area contributed by atoms with Crippen molar-refractivity contribution in [3.63, 3.8) is 0 Å². The first-order valence-electron chi connectivity index (χ1n) is 11.2. The molecule has 34 heavy (non-hydrogen) atoms. The zero-order valence-electron chi connectivity index (χ0n) is 19.3. The Balaban J connectivity index is 1.21. The highest BCUT2D eigenvalue weighted by Gasteiger charge is 2.23. The molecule has 2 heterocycles. The van der Waals surface area contributed by atoms with Gasteiger partial charge in [0, 0.05) is 31.9 Å². The van der Waals surface area contributed by atoms with E-state index >= 15 is 0 Å². The molecule has 0 saturated carbocycles. The standard InChI is InChI=1S/C25H28FN5O2S/c1-17-4-3-5-18(2)24(17)29-22(32)15-30-10-12-31(13-11-30)23(33)16-34-25-27-14-21(28-25)19-6-8-20(26)9-7-19/h3-9,14H,10-13,15-16H2,1-2H3,(H,27,28)(H,29,32). The second-order valence-corrected chi connectivity index (χ2v) is 9.33. The van der Waals surface area contributed by atoms with Crippen molar-refractivity contribution in [3.8, 4) is 11.3 Å². The molecule has 0 unspecified atom stereocenters. The molecule has 0 aliphatic carbocycles. The summed E-state index contributed by atoms with van der Waals surface area (Å²) in [6, 6.07) is 12.1. The van der Waals surface area contributed by atoms with Gasteiger partial charge in [-0.1, -0.05) is 30.0 Å². The number of para-hydroxylation sites is 1. The summed E-state index contributed by atoms with van der Waals surface area (Å²) in [6.45, 7) is 6.78. The summed E-state index contributed by atoms with van der Waals surface area (Å²) in [5.41, 5.74) is 4.58. The number of rotatable bonds is 7. The fourth-order valence-corrected chi connectivity index (χ4v) is 4.68. The first kappa shape index (κ1) is 24.0. The van der Waals surface area contributed by atoms with E-state index in [-0.39, 0.29) is 23.4 Å². The minimum absolute atomic E-state index is 0.0393. The number of carbonyl (C=O) groups excluding carboxylic acids is 2. The van der Waals surface area contributed by atoms with Crippen LogP contribution in [0.15, 0.2) is 53.8 Å². The first-order valence-corrected chi connectivity index (χ1v) is 12.2. The summed E-state index contributed by atoms with van der Waals surface area (Å²) in [5.74, 6) is 0.00103. The van der Waals surface area contributed by atoms with Crippen molar-refractivity contribution >= 4 is 29.3 Å². The first-order chi connectivity index (χ1) is 16.4. The third-order valence-electron chi connectivity index (χ3n) is 5.88. The summed E-state index contributed by atoms with van der Waals surface area (Å²) < 4.78 is 13.1. The Labute approximate surface area is 202 Å². The molecular weight excluding hydrogens is 453 g/mol. The van der Waals surface area contributed by atoms with E-state index in [2.05, 4.69) is 20.2 Å². The number of amides is 2. The second-order valence-electron chi connectivity index (χ2n) is 8.37. The highest BCUT2D eigenvalue weighted by molar-refractivity contribution is 7.99. The maximum Gasteiger partial charge on any atom is 0.238 e. The normalized spacial score (nSPS) is 14.3. The molecule has 3 aromatic rings. The predicted molar refractivity (Wildman–Crippen MR) is 132 cm³/mol. The topological polar surface area (TPSA) is 81.3 Å². The van der Waals surface area contributed by atoms with E-state index in [1.165, 1.54) is 23.9 Å². The van der Waals surface area contributed by atoms with Gasteiger partial charge in [-0.15, -0.1) is 0 Å². The van der Waals surface area contributed by atoms with Crippen LogP contribution in [0.2, 0.25) is 0 Å². The van der Waals surface area contributed by atoms with Gasteiger partial charge in [-0.3, -0.25) is 14.5 Å². The van der Waals surface area contributed by atoms with Crippen molar-refractivity contribution in [1.29, 1.82) is 0 Å². The van der Waals surface area contributed by atoms with Crippen LogP contribution in [0.4, 0.5) is 10.1 Å². The number of halogens is 1.